The minimum atomic E-state index is -0.0929. The van der Waals surface area contributed by atoms with E-state index in [0.29, 0.717) is 5.69 Å². The molecule has 4 heteroatoms. The largest absolute Gasteiger partial charge is 0.373 e. The van der Waals surface area contributed by atoms with E-state index in [-0.39, 0.29) is 5.60 Å². The smallest absolute Gasteiger partial charge is 0.142 e. The van der Waals surface area contributed by atoms with E-state index in [0.717, 1.165) is 31.8 Å². The Balaban J connectivity index is 1.96. The minimum absolute atomic E-state index is 0.0929. The summed E-state index contributed by atoms with van der Waals surface area (Å²) in [6.45, 7) is 3.67. The molecule has 0 aliphatic carbocycles. The fourth-order valence-electron chi connectivity index (χ4n) is 1.85. The van der Waals surface area contributed by atoms with E-state index in [9.17, 15) is 0 Å². The van der Waals surface area contributed by atoms with Gasteiger partial charge in [0.25, 0.3) is 0 Å². The maximum absolute atomic E-state index is 8.73. The predicted molar refractivity (Wildman–Crippen MR) is 61.0 cm³/mol. The number of nitrogens with zero attached hydrogens (tertiary/aromatic N) is 2. The predicted octanol–water partition coefficient (Wildman–Crippen LogP) is 1.93. The van der Waals surface area contributed by atoms with Crippen molar-refractivity contribution in [3.05, 3.63) is 23.9 Å². The Morgan fingerprint density at radius 3 is 3.19 bits per heavy atom. The monoisotopic (exact) mass is 217 g/mol. The van der Waals surface area contributed by atoms with Gasteiger partial charge >= 0.3 is 0 Å². The van der Waals surface area contributed by atoms with Gasteiger partial charge in [-0.05, 0) is 31.9 Å². The van der Waals surface area contributed by atoms with Crippen molar-refractivity contribution >= 4 is 5.82 Å². The van der Waals surface area contributed by atoms with Crippen molar-refractivity contribution in [2.45, 2.75) is 25.4 Å². The first-order valence-corrected chi connectivity index (χ1v) is 5.47. The van der Waals surface area contributed by atoms with Crippen LogP contribution < -0.4 is 5.32 Å². The van der Waals surface area contributed by atoms with E-state index >= 15 is 0 Å². The molecular weight excluding hydrogens is 202 g/mol. The van der Waals surface area contributed by atoms with Gasteiger partial charge in [0.05, 0.1) is 5.60 Å². The molecule has 1 atom stereocenters. The molecule has 1 aliphatic heterocycles. The molecule has 2 heterocycles. The third kappa shape index (κ3) is 2.50. The molecule has 1 unspecified atom stereocenters. The van der Waals surface area contributed by atoms with Crippen LogP contribution in [0.4, 0.5) is 5.82 Å². The number of hydrogen-bond donors (Lipinski definition) is 1. The minimum Gasteiger partial charge on any atom is -0.373 e. The Morgan fingerprint density at radius 2 is 2.50 bits per heavy atom. The fraction of sp³-hybridized carbons (Fsp3) is 0.500. The number of ether oxygens (including phenoxy) is 1. The van der Waals surface area contributed by atoms with Gasteiger partial charge in [-0.15, -0.1) is 0 Å². The second-order valence-corrected chi connectivity index (χ2v) is 4.28. The van der Waals surface area contributed by atoms with Crippen LogP contribution in [0.3, 0.4) is 0 Å². The quantitative estimate of drug-likeness (QED) is 0.840. The van der Waals surface area contributed by atoms with Gasteiger partial charge in [-0.1, -0.05) is 6.07 Å². The summed E-state index contributed by atoms with van der Waals surface area (Å²) in [5.41, 5.74) is 0.340. The Hall–Kier alpha value is -1.60. The van der Waals surface area contributed by atoms with E-state index in [2.05, 4.69) is 17.2 Å². The van der Waals surface area contributed by atoms with Crippen molar-refractivity contribution in [2.24, 2.45) is 0 Å². The molecule has 2 rings (SSSR count). The second-order valence-electron chi connectivity index (χ2n) is 4.28. The summed E-state index contributed by atoms with van der Waals surface area (Å²) in [4.78, 5) is 4.16. The average molecular weight is 217 g/mol. The van der Waals surface area contributed by atoms with E-state index in [4.69, 9.17) is 10.00 Å². The molecule has 1 saturated heterocycles. The van der Waals surface area contributed by atoms with Crippen LogP contribution in [-0.2, 0) is 4.74 Å². The number of pyridine rings is 1. The maximum Gasteiger partial charge on any atom is 0.142 e. The second kappa shape index (κ2) is 4.50. The van der Waals surface area contributed by atoms with Crippen molar-refractivity contribution in [1.29, 1.82) is 5.26 Å². The van der Waals surface area contributed by atoms with Gasteiger partial charge in [-0.2, -0.15) is 5.26 Å². The summed E-state index contributed by atoms with van der Waals surface area (Å²) in [5.74, 6) is 0.732. The first-order chi connectivity index (χ1) is 7.72. The zero-order valence-corrected chi connectivity index (χ0v) is 9.36. The van der Waals surface area contributed by atoms with E-state index in [1.807, 2.05) is 18.2 Å². The zero-order chi connectivity index (χ0) is 11.4. The molecule has 1 aliphatic rings. The molecule has 0 amide bonds. The molecule has 1 aromatic rings. The topological polar surface area (TPSA) is 57.9 Å². The van der Waals surface area contributed by atoms with Crippen molar-refractivity contribution in [3.63, 3.8) is 0 Å². The highest BCUT2D eigenvalue weighted by molar-refractivity contribution is 5.38. The van der Waals surface area contributed by atoms with Gasteiger partial charge in [0.1, 0.15) is 17.6 Å². The lowest BCUT2D eigenvalue weighted by molar-refractivity contribution is 0.0315. The van der Waals surface area contributed by atoms with E-state index in [1.54, 1.807) is 6.07 Å². The number of aromatic nitrogens is 1. The summed E-state index contributed by atoms with van der Waals surface area (Å²) >= 11 is 0. The van der Waals surface area contributed by atoms with Crippen LogP contribution in [0.15, 0.2) is 18.2 Å². The molecule has 0 saturated carbocycles. The van der Waals surface area contributed by atoms with Crippen LogP contribution in [0.2, 0.25) is 0 Å². The van der Waals surface area contributed by atoms with Gasteiger partial charge in [0.2, 0.25) is 0 Å². The molecule has 84 valence electrons. The number of hydrogen-bond acceptors (Lipinski definition) is 4. The van der Waals surface area contributed by atoms with Gasteiger partial charge < -0.3 is 10.1 Å². The molecule has 1 fully saturated rings. The van der Waals surface area contributed by atoms with Crippen molar-refractivity contribution in [3.8, 4) is 6.07 Å². The third-order valence-electron chi connectivity index (χ3n) is 2.81. The van der Waals surface area contributed by atoms with E-state index in [1.165, 1.54) is 0 Å². The number of anilines is 1. The van der Waals surface area contributed by atoms with Crippen LogP contribution in [0.5, 0.6) is 0 Å². The summed E-state index contributed by atoms with van der Waals surface area (Å²) in [6, 6.07) is 7.40. The Labute approximate surface area is 95.3 Å². The molecule has 0 aromatic carbocycles. The molecule has 1 aromatic heterocycles. The number of nitriles is 1. The van der Waals surface area contributed by atoms with Gasteiger partial charge in [0.15, 0.2) is 0 Å². The highest BCUT2D eigenvalue weighted by Gasteiger charge is 2.29. The standard InChI is InChI=1S/C12H15N3O/c1-12(6-3-7-16-12)9-14-11-5-2-4-10(8-13)15-11/h2,4-5H,3,6-7,9H2,1H3,(H,14,15). The molecule has 0 radical (unpaired) electrons. The Kier molecular flexibility index (Phi) is 3.07. The van der Waals surface area contributed by atoms with E-state index < -0.39 is 0 Å². The molecule has 4 nitrogen and oxygen atoms in total. The normalized spacial score (nSPS) is 24.0. The molecule has 0 spiro atoms. The lowest BCUT2D eigenvalue weighted by Crippen LogP contribution is -2.32. The fourth-order valence-corrected chi connectivity index (χ4v) is 1.85. The Bertz CT molecular complexity index is 405. The van der Waals surface area contributed by atoms with Gasteiger partial charge in [-0.3, -0.25) is 0 Å². The van der Waals surface area contributed by atoms with Crippen molar-refractivity contribution in [1.82, 2.24) is 4.98 Å². The van der Waals surface area contributed by atoms with Crippen molar-refractivity contribution in [2.75, 3.05) is 18.5 Å². The van der Waals surface area contributed by atoms with Gasteiger partial charge in [-0.25, -0.2) is 4.98 Å². The number of rotatable bonds is 3. The highest BCUT2D eigenvalue weighted by atomic mass is 16.5. The molecule has 0 bridgehead atoms. The first kappa shape index (κ1) is 10.9. The summed E-state index contributed by atoms with van der Waals surface area (Å²) in [6.07, 6.45) is 2.18. The van der Waals surface area contributed by atoms with Crippen LogP contribution in [0, 0.1) is 11.3 Å². The van der Waals surface area contributed by atoms with Crippen molar-refractivity contribution < 1.29 is 4.74 Å². The van der Waals surface area contributed by atoms with Crippen LogP contribution in [-0.4, -0.2) is 23.7 Å². The lowest BCUT2D eigenvalue weighted by Gasteiger charge is -2.23. The van der Waals surface area contributed by atoms with Gasteiger partial charge in [0, 0.05) is 13.2 Å². The number of nitrogens with one attached hydrogen (secondary N) is 1. The van der Waals surface area contributed by atoms with Crippen LogP contribution in [0.1, 0.15) is 25.5 Å². The summed E-state index contributed by atoms with van der Waals surface area (Å²) < 4.78 is 5.66. The first-order valence-electron chi connectivity index (χ1n) is 5.47. The average Bonchev–Trinajstić information content (AvgIpc) is 2.75. The maximum atomic E-state index is 8.73. The van der Waals surface area contributed by atoms with Crippen LogP contribution in [0.25, 0.3) is 0 Å². The highest BCUT2D eigenvalue weighted by Crippen LogP contribution is 2.25. The molecule has 1 N–H and O–H groups in total. The molecular formula is C12H15N3O. The zero-order valence-electron chi connectivity index (χ0n) is 9.36. The third-order valence-corrected chi connectivity index (χ3v) is 2.81. The SMILES string of the molecule is CC1(CNc2cccc(C#N)n2)CCCO1. The van der Waals surface area contributed by atoms with Crippen LogP contribution >= 0.6 is 0 Å². The summed E-state index contributed by atoms with van der Waals surface area (Å²) in [7, 11) is 0. The summed E-state index contributed by atoms with van der Waals surface area (Å²) in [5, 5.41) is 11.9. The molecule has 16 heavy (non-hydrogen) atoms. The Morgan fingerprint density at radius 1 is 1.62 bits per heavy atom. The lowest BCUT2D eigenvalue weighted by atomic mass is 10.0.